The predicted octanol–water partition coefficient (Wildman–Crippen LogP) is 1.07. The molecule has 0 aliphatic heterocycles. The Morgan fingerprint density at radius 1 is 1.33 bits per heavy atom. The zero-order chi connectivity index (χ0) is 14.0. The lowest BCUT2D eigenvalue weighted by Gasteiger charge is -2.15. The highest BCUT2D eigenvalue weighted by molar-refractivity contribution is 7.98. The molecule has 0 saturated carbocycles. The molecule has 0 aliphatic carbocycles. The molecule has 0 heterocycles. The number of thioether (sulfide) groups is 1. The Balaban J connectivity index is 3.98. The van der Waals surface area contributed by atoms with Crippen molar-refractivity contribution in [3.63, 3.8) is 0 Å². The summed E-state index contributed by atoms with van der Waals surface area (Å²) >= 11 is 1.57. The molecule has 0 aromatic rings. The van der Waals surface area contributed by atoms with E-state index in [0.29, 0.717) is 25.3 Å². The van der Waals surface area contributed by atoms with Crippen molar-refractivity contribution in [2.45, 2.75) is 38.6 Å². The molecule has 0 radical (unpaired) electrons. The summed E-state index contributed by atoms with van der Waals surface area (Å²) in [7, 11) is 0. The molecule has 0 aromatic heterocycles. The van der Waals surface area contributed by atoms with E-state index in [-0.39, 0.29) is 5.91 Å². The van der Waals surface area contributed by atoms with Crippen molar-refractivity contribution in [3.8, 4) is 0 Å². The number of carbonyl (C=O) groups is 2. The van der Waals surface area contributed by atoms with E-state index in [1.807, 2.05) is 13.2 Å². The highest BCUT2D eigenvalue weighted by atomic mass is 32.2. The van der Waals surface area contributed by atoms with Gasteiger partial charge in [0.15, 0.2) is 0 Å². The van der Waals surface area contributed by atoms with Crippen LogP contribution in [0.5, 0.6) is 0 Å². The van der Waals surface area contributed by atoms with Crippen molar-refractivity contribution in [1.29, 1.82) is 0 Å². The van der Waals surface area contributed by atoms with E-state index in [1.54, 1.807) is 11.8 Å². The Bertz CT molecular complexity index is 262. The molecule has 0 bridgehead atoms. The van der Waals surface area contributed by atoms with Gasteiger partial charge in [-0.05, 0) is 43.7 Å². The van der Waals surface area contributed by atoms with Crippen LogP contribution in [0.25, 0.3) is 0 Å². The lowest BCUT2D eigenvalue weighted by molar-refractivity contribution is -0.141. The first kappa shape index (κ1) is 17.2. The topological polar surface area (TPSA) is 92.4 Å². The molecule has 18 heavy (non-hydrogen) atoms. The minimum absolute atomic E-state index is 0.188. The molecular weight excluding hydrogens is 252 g/mol. The van der Waals surface area contributed by atoms with Gasteiger partial charge in [0.25, 0.3) is 0 Å². The van der Waals surface area contributed by atoms with Crippen molar-refractivity contribution in [2.75, 3.05) is 18.6 Å². The first-order valence-corrected chi connectivity index (χ1v) is 7.61. The summed E-state index contributed by atoms with van der Waals surface area (Å²) in [6, 6.07) is -0.769. The fourth-order valence-electron chi connectivity index (χ4n) is 1.57. The number of nitrogens with one attached hydrogen (secondary N) is 1. The number of aliphatic carboxylic acids is 1. The van der Waals surface area contributed by atoms with Crippen LogP contribution in [-0.4, -0.2) is 41.6 Å². The normalized spacial score (nSPS) is 13.9. The third kappa shape index (κ3) is 8.36. The highest BCUT2D eigenvalue weighted by Gasteiger charge is 2.19. The standard InChI is InChI=1S/C12H24N2O3S/c1-9(5-7-13)3-4-11(15)14-10(12(16)17)6-8-18-2/h9-10H,3-8,13H2,1-2H3,(H,14,15)(H,16,17)/t9?,10-/m1/s1. The van der Waals surface area contributed by atoms with Crippen LogP contribution in [0.15, 0.2) is 0 Å². The smallest absolute Gasteiger partial charge is 0.326 e. The van der Waals surface area contributed by atoms with E-state index in [4.69, 9.17) is 10.8 Å². The molecule has 6 heteroatoms. The Morgan fingerprint density at radius 3 is 2.50 bits per heavy atom. The number of carboxylic acid groups (broad SMARTS) is 1. The molecule has 106 valence electrons. The summed E-state index contributed by atoms with van der Waals surface area (Å²) in [5.74, 6) is -0.0316. The van der Waals surface area contributed by atoms with E-state index >= 15 is 0 Å². The lowest BCUT2D eigenvalue weighted by Crippen LogP contribution is -2.41. The average Bonchev–Trinajstić information content (AvgIpc) is 2.32. The van der Waals surface area contributed by atoms with Crippen LogP contribution in [0.3, 0.4) is 0 Å². The van der Waals surface area contributed by atoms with Gasteiger partial charge in [-0.15, -0.1) is 0 Å². The SMILES string of the molecule is CSCC[C@@H](NC(=O)CCC(C)CCN)C(=O)O. The molecule has 0 saturated heterocycles. The molecule has 0 rings (SSSR count). The van der Waals surface area contributed by atoms with E-state index in [1.165, 1.54) is 0 Å². The maximum atomic E-state index is 11.6. The van der Waals surface area contributed by atoms with Crippen LogP contribution in [-0.2, 0) is 9.59 Å². The number of hydrogen-bond acceptors (Lipinski definition) is 4. The van der Waals surface area contributed by atoms with Gasteiger partial charge in [0.1, 0.15) is 6.04 Å². The van der Waals surface area contributed by atoms with Gasteiger partial charge in [-0.3, -0.25) is 4.79 Å². The Hall–Kier alpha value is -0.750. The average molecular weight is 276 g/mol. The zero-order valence-electron chi connectivity index (χ0n) is 11.1. The van der Waals surface area contributed by atoms with Gasteiger partial charge in [-0.25, -0.2) is 4.79 Å². The Kier molecular flexibility index (Phi) is 9.77. The third-order valence-electron chi connectivity index (χ3n) is 2.77. The molecule has 0 spiro atoms. The van der Waals surface area contributed by atoms with Gasteiger partial charge in [-0.2, -0.15) is 11.8 Å². The van der Waals surface area contributed by atoms with E-state index in [2.05, 4.69) is 5.32 Å². The lowest BCUT2D eigenvalue weighted by atomic mass is 10.0. The van der Waals surface area contributed by atoms with Gasteiger partial charge >= 0.3 is 5.97 Å². The number of carboxylic acids is 1. The van der Waals surface area contributed by atoms with Crippen LogP contribution >= 0.6 is 11.8 Å². The van der Waals surface area contributed by atoms with Crippen LogP contribution in [0.2, 0.25) is 0 Å². The van der Waals surface area contributed by atoms with E-state index < -0.39 is 12.0 Å². The fraction of sp³-hybridized carbons (Fsp3) is 0.833. The first-order valence-electron chi connectivity index (χ1n) is 6.22. The maximum Gasteiger partial charge on any atom is 0.326 e. The number of nitrogens with two attached hydrogens (primary N) is 1. The monoisotopic (exact) mass is 276 g/mol. The number of carbonyl (C=O) groups excluding carboxylic acids is 1. The predicted molar refractivity (Wildman–Crippen MR) is 74.6 cm³/mol. The van der Waals surface area contributed by atoms with Crippen LogP contribution in [0.4, 0.5) is 0 Å². The second-order valence-electron chi connectivity index (χ2n) is 4.46. The van der Waals surface area contributed by atoms with Crippen LogP contribution in [0, 0.1) is 5.92 Å². The molecule has 5 nitrogen and oxygen atoms in total. The van der Waals surface area contributed by atoms with Gasteiger partial charge in [-0.1, -0.05) is 6.92 Å². The molecule has 4 N–H and O–H groups in total. The molecule has 0 fully saturated rings. The second kappa shape index (κ2) is 10.2. The van der Waals surface area contributed by atoms with Crippen molar-refractivity contribution in [2.24, 2.45) is 11.7 Å². The Labute approximate surface area is 113 Å². The third-order valence-corrected chi connectivity index (χ3v) is 3.41. The molecular formula is C12H24N2O3S. The summed E-state index contributed by atoms with van der Waals surface area (Å²) in [6.45, 7) is 2.66. The van der Waals surface area contributed by atoms with Crippen LogP contribution < -0.4 is 11.1 Å². The minimum atomic E-state index is -0.965. The van der Waals surface area contributed by atoms with Gasteiger partial charge in [0.2, 0.25) is 5.91 Å². The summed E-state index contributed by atoms with van der Waals surface area (Å²) in [6.07, 6.45) is 4.38. The molecule has 1 amide bonds. The molecule has 0 aliphatic rings. The van der Waals surface area contributed by atoms with Gasteiger partial charge < -0.3 is 16.2 Å². The summed E-state index contributed by atoms with van der Waals surface area (Å²) in [5, 5.41) is 11.5. The van der Waals surface area contributed by atoms with Crippen molar-refractivity contribution in [1.82, 2.24) is 5.32 Å². The summed E-state index contributed by atoms with van der Waals surface area (Å²) < 4.78 is 0. The first-order chi connectivity index (χ1) is 8.51. The fourth-order valence-corrected chi connectivity index (χ4v) is 2.04. The minimum Gasteiger partial charge on any atom is -0.480 e. The van der Waals surface area contributed by atoms with Crippen molar-refractivity contribution < 1.29 is 14.7 Å². The summed E-state index contributed by atoms with van der Waals surface area (Å²) in [4.78, 5) is 22.6. The van der Waals surface area contributed by atoms with Gasteiger partial charge in [0, 0.05) is 6.42 Å². The number of amides is 1. The number of hydrogen-bond donors (Lipinski definition) is 3. The molecule has 0 aromatic carbocycles. The molecule has 1 unspecified atom stereocenters. The van der Waals surface area contributed by atoms with Crippen molar-refractivity contribution >= 4 is 23.6 Å². The van der Waals surface area contributed by atoms with Crippen molar-refractivity contribution in [3.05, 3.63) is 0 Å². The van der Waals surface area contributed by atoms with E-state index in [0.717, 1.165) is 18.6 Å². The number of rotatable bonds is 10. The Morgan fingerprint density at radius 2 is 2.00 bits per heavy atom. The largest absolute Gasteiger partial charge is 0.480 e. The summed E-state index contributed by atoms with van der Waals surface area (Å²) in [5.41, 5.74) is 5.43. The highest BCUT2D eigenvalue weighted by Crippen LogP contribution is 2.09. The zero-order valence-corrected chi connectivity index (χ0v) is 12.0. The second-order valence-corrected chi connectivity index (χ2v) is 5.45. The molecule has 2 atom stereocenters. The van der Waals surface area contributed by atoms with Crippen LogP contribution in [0.1, 0.15) is 32.6 Å². The quantitative estimate of drug-likeness (QED) is 0.555. The van der Waals surface area contributed by atoms with Gasteiger partial charge in [0.05, 0.1) is 0 Å². The maximum absolute atomic E-state index is 11.6. The van der Waals surface area contributed by atoms with E-state index in [9.17, 15) is 9.59 Å².